The third kappa shape index (κ3) is 2.43. The van der Waals surface area contributed by atoms with E-state index in [0.29, 0.717) is 18.1 Å². The molecule has 2 aliphatic heterocycles. The zero-order chi connectivity index (χ0) is 13.4. The molecule has 2 unspecified atom stereocenters. The molecule has 0 radical (unpaired) electrons. The largest absolute Gasteiger partial charge is 0.337 e. The molecule has 0 aromatic carbocycles. The van der Waals surface area contributed by atoms with Crippen molar-refractivity contribution in [3.63, 3.8) is 0 Å². The Kier molecular flexibility index (Phi) is 3.39. The summed E-state index contributed by atoms with van der Waals surface area (Å²) < 4.78 is 0. The molecule has 2 fully saturated rings. The van der Waals surface area contributed by atoms with E-state index < -0.39 is 0 Å². The third-order valence-electron chi connectivity index (χ3n) is 4.57. The summed E-state index contributed by atoms with van der Waals surface area (Å²) >= 11 is 0. The zero-order valence-corrected chi connectivity index (χ0v) is 12.1. The SMILES string of the molecule is CCN(c1nnc(C)c(C)n1)C1CC2CCC(C1)N2. The molecule has 2 aliphatic rings. The highest BCUT2D eigenvalue weighted by Gasteiger charge is 2.36. The summed E-state index contributed by atoms with van der Waals surface area (Å²) in [6.45, 7) is 7.10. The van der Waals surface area contributed by atoms with E-state index in [2.05, 4.69) is 32.3 Å². The number of rotatable bonds is 3. The molecule has 0 aliphatic carbocycles. The van der Waals surface area contributed by atoms with Crippen LogP contribution >= 0.6 is 0 Å². The summed E-state index contributed by atoms with van der Waals surface area (Å²) in [5, 5.41) is 12.2. The van der Waals surface area contributed by atoms with Crippen molar-refractivity contribution in [1.29, 1.82) is 0 Å². The summed E-state index contributed by atoms with van der Waals surface area (Å²) in [6.07, 6.45) is 5.07. The molecule has 2 atom stereocenters. The van der Waals surface area contributed by atoms with E-state index >= 15 is 0 Å². The van der Waals surface area contributed by atoms with Crippen molar-refractivity contribution in [1.82, 2.24) is 20.5 Å². The molecule has 0 spiro atoms. The maximum atomic E-state index is 4.62. The van der Waals surface area contributed by atoms with Crippen molar-refractivity contribution in [3.8, 4) is 0 Å². The average molecular weight is 261 g/mol. The molecule has 2 bridgehead atoms. The summed E-state index contributed by atoms with van der Waals surface area (Å²) in [7, 11) is 0. The minimum Gasteiger partial charge on any atom is -0.337 e. The second-order valence-electron chi connectivity index (χ2n) is 5.83. The van der Waals surface area contributed by atoms with Crippen LogP contribution in [0.25, 0.3) is 0 Å². The van der Waals surface area contributed by atoms with Crippen LogP contribution in [0.5, 0.6) is 0 Å². The van der Waals surface area contributed by atoms with E-state index in [1.165, 1.54) is 25.7 Å². The lowest BCUT2D eigenvalue weighted by molar-refractivity contribution is 0.346. The van der Waals surface area contributed by atoms with Gasteiger partial charge in [0.05, 0.1) is 11.4 Å². The molecule has 104 valence electrons. The Bertz CT molecular complexity index is 449. The second-order valence-corrected chi connectivity index (χ2v) is 5.83. The normalized spacial score (nSPS) is 29.5. The van der Waals surface area contributed by atoms with Gasteiger partial charge < -0.3 is 10.2 Å². The van der Waals surface area contributed by atoms with E-state index in [-0.39, 0.29) is 0 Å². The first-order chi connectivity index (χ1) is 9.17. The van der Waals surface area contributed by atoms with Gasteiger partial charge in [-0.2, -0.15) is 5.10 Å². The summed E-state index contributed by atoms with van der Waals surface area (Å²) in [5.41, 5.74) is 1.91. The number of fused-ring (bicyclic) bond motifs is 2. The van der Waals surface area contributed by atoms with Crippen LogP contribution in [0.4, 0.5) is 5.95 Å². The van der Waals surface area contributed by atoms with Crippen molar-refractivity contribution in [2.45, 2.75) is 64.6 Å². The first kappa shape index (κ1) is 12.8. The Morgan fingerprint density at radius 1 is 1.11 bits per heavy atom. The minimum absolute atomic E-state index is 0.563. The van der Waals surface area contributed by atoms with Crippen LogP contribution in [0.1, 0.15) is 44.0 Å². The molecule has 3 heterocycles. The number of anilines is 1. The molecule has 5 heteroatoms. The highest BCUT2D eigenvalue weighted by atomic mass is 15.3. The predicted octanol–water partition coefficient (Wildman–Crippen LogP) is 1.60. The van der Waals surface area contributed by atoms with E-state index in [4.69, 9.17) is 0 Å². The van der Waals surface area contributed by atoms with E-state index in [1.807, 2.05) is 13.8 Å². The first-order valence-electron chi connectivity index (χ1n) is 7.38. The zero-order valence-electron chi connectivity index (χ0n) is 12.1. The number of nitrogens with zero attached hydrogens (tertiary/aromatic N) is 4. The van der Waals surface area contributed by atoms with E-state index in [0.717, 1.165) is 23.9 Å². The van der Waals surface area contributed by atoms with Crippen molar-refractivity contribution in [2.75, 3.05) is 11.4 Å². The standard InChI is InChI=1S/C14H23N5/c1-4-19(14-15-9(2)10(3)17-18-14)13-7-11-5-6-12(8-13)16-11/h11-13,16H,4-8H2,1-3H3. The van der Waals surface area contributed by atoms with Crippen molar-refractivity contribution in [2.24, 2.45) is 0 Å². The lowest BCUT2D eigenvalue weighted by atomic mass is 9.98. The number of aryl methyl sites for hydroxylation is 2. The predicted molar refractivity (Wildman–Crippen MR) is 75.3 cm³/mol. The fourth-order valence-electron chi connectivity index (χ4n) is 3.41. The van der Waals surface area contributed by atoms with Gasteiger partial charge in [-0.3, -0.25) is 0 Å². The fourth-order valence-corrected chi connectivity index (χ4v) is 3.41. The fraction of sp³-hybridized carbons (Fsp3) is 0.786. The molecule has 5 nitrogen and oxygen atoms in total. The van der Waals surface area contributed by atoms with Gasteiger partial charge in [-0.05, 0) is 46.5 Å². The second kappa shape index (κ2) is 5.04. The van der Waals surface area contributed by atoms with Gasteiger partial charge in [0.25, 0.3) is 0 Å². The lowest BCUT2D eigenvalue weighted by Gasteiger charge is -2.37. The Morgan fingerprint density at radius 2 is 1.79 bits per heavy atom. The molecule has 1 aromatic rings. The van der Waals surface area contributed by atoms with Gasteiger partial charge in [0.1, 0.15) is 0 Å². The van der Waals surface area contributed by atoms with Crippen molar-refractivity contribution < 1.29 is 0 Å². The molecule has 19 heavy (non-hydrogen) atoms. The van der Waals surface area contributed by atoms with Crippen molar-refractivity contribution >= 4 is 5.95 Å². The first-order valence-corrected chi connectivity index (χ1v) is 7.38. The van der Waals surface area contributed by atoms with Gasteiger partial charge in [0.2, 0.25) is 5.95 Å². The van der Waals surface area contributed by atoms with Gasteiger partial charge >= 0.3 is 0 Å². The highest BCUT2D eigenvalue weighted by Crippen LogP contribution is 2.31. The quantitative estimate of drug-likeness (QED) is 0.895. The minimum atomic E-state index is 0.563. The highest BCUT2D eigenvalue weighted by molar-refractivity contribution is 5.32. The third-order valence-corrected chi connectivity index (χ3v) is 4.57. The number of hydrogen-bond donors (Lipinski definition) is 1. The number of nitrogens with one attached hydrogen (secondary N) is 1. The van der Waals surface area contributed by atoms with Crippen LogP contribution in [0.15, 0.2) is 0 Å². The molecule has 1 N–H and O–H groups in total. The van der Waals surface area contributed by atoms with Crippen LogP contribution in [0.3, 0.4) is 0 Å². The molecule has 3 rings (SSSR count). The van der Waals surface area contributed by atoms with Gasteiger partial charge in [-0.15, -0.1) is 5.10 Å². The molecular weight excluding hydrogens is 238 g/mol. The van der Waals surface area contributed by atoms with Gasteiger partial charge in [0.15, 0.2) is 0 Å². The topological polar surface area (TPSA) is 53.9 Å². The molecule has 1 aromatic heterocycles. The maximum absolute atomic E-state index is 4.62. The Hall–Kier alpha value is -1.23. The van der Waals surface area contributed by atoms with Gasteiger partial charge in [0, 0.05) is 24.7 Å². The number of hydrogen-bond acceptors (Lipinski definition) is 5. The maximum Gasteiger partial charge on any atom is 0.245 e. The number of aromatic nitrogens is 3. The van der Waals surface area contributed by atoms with Gasteiger partial charge in [-0.25, -0.2) is 4.98 Å². The summed E-state index contributed by atoms with van der Waals surface area (Å²) in [4.78, 5) is 6.96. The van der Waals surface area contributed by atoms with Crippen LogP contribution in [-0.2, 0) is 0 Å². The summed E-state index contributed by atoms with van der Waals surface area (Å²) in [5.74, 6) is 0.803. The number of piperidine rings is 1. The van der Waals surface area contributed by atoms with Crippen molar-refractivity contribution in [3.05, 3.63) is 11.4 Å². The monoisotopic (exact) mass is 261 g/mol. The molecule has 2 saturated heterocycles. The average Bonchev–Trinajstić information content (AvgIpc) is 2.74. The van der Waals surface area contributed by atoms with Crippen LogP contribution in [0.2, 0.25) is 0 Å². The van der Waals surface area contributed by atoms with Crippen LogP contribution in [-0.4, -0.2) is 39.9 Å². The van der Waals surface area contributed by atoms with E-state index in [9.17, 15) is 0 Å². The Morgan fingerprint density at radius 3 is 2.37 bits per heavy atom. The van der Waals surface area contributed by atoms with Crippen LogP contribution in [0, 0.1) is 13.8 Å². The lowest BCUT2D eigenvalue weighted by Crippen LogP contribution is -2.49. The van der Waals surface area contributed by atoms with Crippen LogP contribution < -0.4 is 10.2 Å². The molecule has 0 amide bonds. The summed E-state index contributed by atoms with van der Waals surface area (Å²) in [6, 6.07) is 1.95. The Labute approximate surface area is 114 Å². The molecule has 0 saturated carbocycles. The van der Waals surface area contributed by atoms with E-state index in [1.54, 1.807) is 0 Å². The Balaban J connectivity index is 1.81. The smallest absolute Gasteiger partial charge is 0.245 e. The van der Waals surface area contributed by atoms with Gasteiger partial charge in [-0.1, -0.05) is 0 Å². The molecular formula is C14H23N5.